The van der Waals surface area contributed by atoms with Crippen LogP contribution in [0.2, 0.25) is 0 Å². The Bertz CT molecular complexity index is 3070. The Morgan fingerprint density at radius 1 is 0.508 bits per heavy atom. The number of esters is 2. The van der Waals surface area contributed by atoms with Gasteiger partial charge in [-0.15, -0.1) is 22.1 Å². The summed E-state index contributed by atoms with van der Waals surface area (Å²) in [7, 11) is 2.85. The van der Waals surface area contributed by atoms with Crippen molar-refractivity contribution in [3.63, 3.8) is 0 Å². The Kier molecular flexibility index (Phi) is 8.66. The second-order valence-corrected chi connectivity index (χ2v) is 15.4. The van der Waals surface area contributed by atoms with Crippen LogP contribution in [0.1, 0.15) is 62.3 Å². The SMILES string of the molecule is COC(=O)CCC1=C(C)c2cc3[n-]c(cc4nc(cc5[n-]c(cc1n2)c1c5-c2cccc5cccc-1c25)C(CCC(=O)OC)=C4C)c1c3-c2cccc3cccc-1c23.[Zn+2]. The third-order valence-corrected chi connectivity index (χ3v) is 12.4. The van der Waals surface area contributed by atoms with Crippen molar-refractivity contribution in [3.05, 3.63) is 120 Å². The number of hydrogen-bond donors (Lipinski definition) is 0. The molecule has 0 atom stereocenters. The Hall–Kier alpha value is -6.44. The maximum atomic E-state index is 12.6. The van der Waals surface area contributed by atoms with E-state index >= 15 is 0 Å². The molecule has 282 valence electrons. The molecule has 0 radical (unpaired) electrons. The van der Waals surface area contributed by atoms with Gasteiger partial charge in [0.2, 0.25) is 0 Å². The molecule has 0 saturated carbocycles. The van der Waals surface area contributed by atoms with Crippen LogP contribution in [0.5, 0.6) is 0 Å². The van der Waals surface area contributed by atoms with Gasteiger partial charge in [0, 0.05) is 12.8 Å². The molecule has 7 aromatic rings. The molecule has 4 aromatic carbocycles. The first-order valence-electron chi connectivity index (χ1n) is 19.6. The van der Waals surface area contributed by atoms with Crippen molar-refractivity contribution >= 4 is 77.8 Å². The first-order valence-corrected chi connectivity index (χ1v) is 19.6. The molecule has 2 aliphatic carbocycles. The molecular weight excluding hydrogens is 786 g/mol. The predicted molar refractivity (Wildman–Crippen MR) is 230 cm³/mol. The molecule has 9 heteroatoms. The van der Waals surface area contributed by atoms with E-state index < -0.39 is 0 Å². The van der Waals surface area contributed by atoms with Gasteiger partial charge in [-0.25, -0.2) is 9.97 Å². The van der Waals surface area contributed by atoms with Crippen molar-refractivity contribution in [2.75, 3.05) is 14.2 Å². The zero-order valence-electron chi connectivity index (χ0n) is 33.2. The summed E-state index contributed by atoms with van der Waals surface area (Å²) in [6.07, 6.45) is 1.36. The molecule has 0 saturated heterocycles. The molecule has 2 aliphatic heterocycles. The first kappa shape index (κ1) is 36.9. The second-order valence-electron chi connectivity index (χ2n) is 15.4. The van der Waals surface area contributed by atoms with Gasteiger partial charge < -0.3 is 19.4 Å². The molecule has 3 aromatic heterocycles. The van der Waals surface area contributed by atoms with Crippen LogP contribution in [0, 0.1) is 0 Å². The van der Waals surface area contributed by atoms with Gasteiger partial charge in [0.1, 0.15) is 0 Å². The van der Waals surface area contributed by atoms with Crippen molar-refractivity contribution in [1.29, 1.82) is 0 Å². The van der Waals surface area contributed by atoms with Crippen LogP contribution in [0.25, 0.3) is 110 Å². The van der Waals surface area contributed by atoms with E-state index in [4.69, 9.17) is 29.4 Å². The van der Waals surface area contributed by atoms with Crippen LogP contribution in [-0.4, -0.2) is 36.1 Å². The summed E-state index contributed by atoms with van der Waals surface area (Å²) in [5, 5.41) is 4.73. The quantitative estimate of drug-likeness (QED) is 0.121. The summed E-state index contributed by atoms with van der Waals surface area (Å²) in [6.45, 7) is 4.16. The van der Waals surface area contributed by atoms with Crippen molar-refractivity contribution in [2.45, 2.75) is 39.5 Å². The largest absolute Gasteiger partial charge is 2.00 e. The van der Waals surface area contributed by atoms with Crippen molar-refractivity contribution in [1.82, 2.24) is 19.9 Å². The van der Waals surface area contributed by atoms with Crippen LogP contribution >= 0.6 is 0 Å². The van der Waals surface area contributed by atoms with Gasteiger partial charge in [0.05, 0.1) is 37.0 Å². The zero-order valence-corrected chi connectivity index (χ0v) is 36.2. The number of hydrogen-bond acceptors (Lipinski definition) is 6. The first-order chi connectivity index (χ1) is 28.3. The fraction of sp³-hybridized carbons (Fsp3) is 0.160. The summed E-state index contributed by atoms with van der Waals surface area (Å²) in [5.41, 5.74) is 19.0. The molecule has 8 nitrogen and oxygen atoms in total. The summed E-state index contributed by atoms with van der Waals surface area (Å²) < 4.78 is 10.2. The number of aromatic nitrogens is 4. The number of fused-ring (bicyclic) bond motifs is 18. The minimum absolute atomic E-state index is 0. The minimum atomic E-state index is -0.275. The molecule has 11 rings (SSSR count). The Labute approximate surface area is 352 Å². The smallest absolute Gasteiger partial charge is 0.657 e. The molecular formula is C50H36N4O4Zn. The molecule has 0 amide bonds. The molecule has 4 aliphatic rings. The summed E-state index contributed by atoms with van der Waals surface area (Å²) >= 11 is 0. The Morgan fingerprint density at radius 2 is 0.831 bits per heavy atom. The molecule has 5 heterocycles. The predicted octanol–water partition coefficient (Wildman–Crippen LogP) is 10.9. The van der Waals surface area contributed by atoms with Gasteiger partial charge in [-0.2, -0.15) is 0 Å². The number of nitrogens with zero attached hydrogens (tertiary/aromatic N) is 4. The van der Waals surface area contributed by atoms with E-state index in [9.17, 15) is 9.59 Å². The Morgan fingerprint density at radius 3 is 1.15 bits per heavy atom. The van der Waals surface area contributed by atoms with Gasteiger partial charge in [-0.1, -0.05) is 97.1 Å². The number of rotatable bonds is 6. The van der Waals surface area contributed by atoms with E-state index in [2.05, 4.69) is 111 Å². The van der Waals surface area contributed by atoms with E-state index in [1.165, 1.54) is 30.4 Å². The fourth-order valence-corrected chi connectivity index (χ4v) is 9.60. The Balaban J connectivity index is 0.00000420. The molecule has 0 unspecified atom stereocenters. The van der Waals surface area contributed by atoms with E-state index in [0.29, 0.717) is 12.8 Å². The normalized spacial score (nSPS) is 13.2. The van der Waals surface area contributed by atoms with Crippen molar-refractivity contribution < 1.29 is 38.5 Å². The molecule has 0 fully saturated rings. The van der Waals surface area contributed by atoms with Gasteiger partial charge in [0.25, 0.3) is 0 Å². The average Bonchev–Trinajstić information content (AvgIpc) is 4.06. The maximum absolute atomic E-state index is 12.6. The van der Waals surface area contributed by atoms with Gasteiger partial charge in [-0.05, 0) is 115 Å². The fourth-order valence-electron chi connectivity index (χ4n) is 9.60. The third kappa shape index (κ3) is 5.51. The molecule has 0 spiro atoms. The van der Waals surface area contributed by atoms with Gasteiger partial charge in [0.15, 0.2) is 0 Å². The van der Waals surface area contributed by atoms with Crippen molar-refractivity contribution in [3.8, 4) is 44.5 Å². The van der Waals surface area contributed by atoms with E-state index in [0.717, 1.165) is 117 Å². The maximum Gasteiger partial charge on any atom is 2.00 e. The summed E-state index contributed by atoms with van der Waals surface area (Å²) in [6, 6.07) is 34.1. The standard InChI is InChI=1S/C50H36N4O4.Zn/c1-25-29(17-19-43(55)57-3)37-23-41-49-33-15-7-11-28-12-8-16-34(46(28)33)50(49)42(54-41)24-38-30(18-20-44(56)58-4)26(2)36(52-38)22-40-48-32-14-6-10-27-9-5-13-31(45(27)32)47(48)39(53-40)21-35(25)51-37;/h5-16,21-24H,17-20H2,1-4H3;/q-2;+2. The number of carbonyl (C=O) groups excluding carboxylic acids is 2. The summed E-state index contributed by atoms with van der Waals surface area (Å²) in [5.74, 6) is -0.550. The third-order valence-electron chi connectivity index (χ3n) is 12.4. The minimum Gasteiger partial charge on any atom is -0.657 e. The molecule has 8 bridgehead atoms. The van der Waals surface area contributed by atoms with Gasteiger partial charge >= 0.3 is 31.4 Å². The number of allylic oxidation sites excluding steroid dienone is 4. The van der Waals surface area contributed by atoms with Crippen LogP contribution < -0.4 is 9.97 Å². The summed E-state index contributed by atoms with van der Waals surface area (Å²) in [4.78, 5) is 46.5. The average molecular weight is 822 g/mol. The van der Waals surface area contributed by atoms with E-state index in [1.807, 2.05) is 0 Å². The van der Waals surface area contributed by atoms with E-state index in [-0.39, 0.29) is 44.3 Å². The number of ether oxygens (including phenoxy) is 2. The number of carbonyl (C=O) groups is 2. The number of benzene rings is 4. The molecule has 59 heavy (non-hydrogen) atoms. The number of methoxy groups -OCH3 is 2. The van der Waals surface area contributed by atoms with Crippen LogP contribution in [0.15, 0.2) is 97.1 Å². The second kappa shape index (κ2) is 13.8. The topological polar surface area (TPSA) is 107 Å². The van der Waals surface area contributed by atoms with Crippen LogP contribution in [0.4, 0.5) is 0 Å². The monoisotopic (exact) mass is 820 g/mol. The van der Waals surface area contributed by atoms with Crippen LogP contribution in [-0.2, 0) is 38.5 Å². The molecule has 0 N–H and O–H groups in total. The van der Waals surface area contributed by atoms with Gasteiger partial charge in [-0.3, -0.25) is 9.59 Å². The van der Waals surface area contributed by atoms with E-state index in [1.54, 1.807) is 0 Å². The van der Waals surface area contributed by atoms with Crippen LogP contribution in [0.3, 0.4) is 0 Å². The zero-order chi connectivity index (χ0) is 39.4. The van der Waals surface area contributed by atoms with Crippen molar-refractivity contribution in [2.24, 2.45) is 0 Å².